The predicted octanol–water partition coefficient (Wildman–Crippen LogP) is 1.40. The maximum Gasteiger partial charge on any atom is 0.224 e. The van der Waals surface area contributed by atoms with Gasteiger partial charge in [0.15, 0.2) is 0 Å². The molecule has 2 N–H and O–H groups in total. The van der Waals surface area contributed by atoms with Gasteiger partial charge in [0.05, 0.1) is 6.04 Å². The second-order valence-electron chi connectivity index (χ2n) is 4.63. The summed E-state index contributed by atoms with van der Waals surface area (Å²) in [5.74, 6) is 0.157. The Morgan fingerprint density at radius 3 is 2.88 bits per heavy atom. The van der Waals surface area contributed by atoms with Crippen molar-refractivity contribution in [3.8, 4) is 0 Å². The van der Waals surface area contributed by atoms with Crippen LogP contribution in [0.5, 0.6) is 0 Å². The number of hydrogen-bond donors (Lipinski definition) is 1. The summed E-state index contributed by atoms with van der Waals surface area (Å²) >= 11 is 0. The highest BCUT2D eigenvalue weighted by atomic mass is 16.2. The highest BCUT2D eigenvalue weighted by Gasteiger charge is 2.37. The second-order valence-corrected chi connectivity index (χ2v) is 4.63. The fraction of sp³-hybridized carbons (Fsp3) is 0.538. The third kappa shape index (κ3) is 2.31. The molecular formula is C13H19N3O. The van der Waals surface area contributed by atoms with Gasteiger partial charge in [0, 0.05) is 30.9 Å². The fourth-order valence-corrected chi connectivity index (χ4v) is 2.40. The molecule has 4 nitrogen and oxygen atoms in total. The van der Waals surface area contributed by atoms with Crippen LogP contribution >= 0.6 is 0 Å². The van der Waals surface area contributed by atoms with Crippen LogP contribution in [0.15, 0.2) is 18.3 Å². The molecule has 0 aliphatic carbocycles. The number of nitrogens with two attached hydrogens (primary N) is 1. The summed E-state index contributed by atoms with van der Waals surface area (Å²) in [5.41, 5.74) is 8.09. The lowest BCUT2D eigenvalue weighted by molar-refractivity contribution is -0.129. The van der Waals surface area contributed by atoms with Gasteiger partial charge in [0.2, 0.25) is 5.91 Å². The number of amides is 1. The molecule has 17 heavy (non-hydrogen) atoms. The van der Waals surface area contributed by atoms with Crippen LogP contribution in [0, 0.1) is 6.92 Å². The minimum Gasteiger partial charge on any atom is -0.334 e. The molecule has 1 aliphatic rings. The van der Waals surface area contributed by atoms with Crippen molar-refractivity contribution in [2.75, 3.05) is 6.54 Å². The van der Waals surface area contributed by atoms with Gasteiger partial charge in [-0.25, -0.2) is 0 Å². The van der Waals surface area contributed by atoms with Crippen LogP contribution in [0.3, 0.4) is 0 Å². The summed E-state index contributed by atoms with van der Waals surface area (Å²) in [6.45, 7) is 4.79. The molecule has 1 amide bonds. The molecule has 1 aromatic heterocycles. The van der Waals surface area contributed by atoms with Crippen molar-refractivity contribution in [2.45, 2.75) is 38.8 Å². The van der Waals surface area contributed by atoms with E-state index in [1.165, 1.54) is 0 Å². The minimum atomic E-state index is -0.112. The molecule has 0 radical (unpaired) electrons. The molecule has 1 saturated heterocycles. The molecule has 2 atom stereocenters. The van der Waals surface area contributed by atoms with Gasteiger partial charge in [0.1, 0.15) is 0 Å². The Morgan fingerprint density at radius 1 is 1.53 bits per heavy atom. The van der Waals surface area contributed by atoms with E-state index in [0.717, 1.165) is 24.2 Å². The fourth-order valence-electron chi connectivity index (χ4n) is 2.40. The first-order valence-corrected chi connectivity index (χ1v) is 6.11. The van der Waals surface area contributed by atoms with Crippen molar-refractivity contribution in [1.82, 2.24) is 9.88 Å². The van der Waals surface area contributed by atoms with Crippen LogP contribution in [0.25, 0.3) is 0 Å². The molecular weight excluding hydrogens is 214 g/mol. The maximum atomic E-state index is 11.9. The molecule has 2 unspecified atom stereocenters. The average molecular weight is 233 g/mol. The molecule has 92 valence electrons. The van der Waals surface area contributed by atoms with Gasteiger partial charge in [-0.3, -0.25) is 9.78 Å². The number of carbonyl (C=O) groups excluding carboxylic acids is 1. The summed E-state index contributed by atoms with van der Waals surface area (Å²) in [6.07, 6.45) is 3.23. The second kappa shape index (κ2) is 4.84. The number of aryl methyl sites for hydroxylation is 1. The van der Waals surface area contributed by atoms with E-state index in [2.05, 4.69) is 11.9 Å². The van der Waals surface area contributed by atoms with Crippen molar-refractivity contribution >= 4 is 5.91 Å². The summed E-state index contributed by atoms with van der Waals surface area (Å²) < 4.78 is 0. The average Bonchev–Trinajstić information content (AvgIpc) is 2.56. The van der Waals surface area contributed by atoms with Crippen molar-refractivity contribution in [1.29, 1.82) is 0 Å². The lowest BCUT2D eigenvalue weighted by atomic mass is 10.0. The molecule has 1 aromatic rings. The highest BCUT2D eigenvalue weighted by molar-refractivity contribution is 5.80. The number of pyridine rings is 1. The van der Waals surface area contributed by atoms with E-state index >= 15 is 0 Å². The zero-order valence-corrected chi connectivity index (χ0v) is 10.4. The number of nitrogens with zero attached hydrogens (tertiary/aromatic N) is 2. The summed E-state index contributed by atoms with van der Waals surface area (Å²) in [6, 6.07) is 3.87. The molecule has 0 saturated carbocycles. The van der Waals surface area contributed by atoms with E-state index in [-0.39, 0.29) is 18.0 Å². The van der Waals surface area contributed by atoms with Gasteiger partial charge in [-0.2, -0.15) is 0 Å². The topological polar surface area (TPSA) is 59.2 Å². The zero-order chi connectivity index (χ0) is 12.4. The Hall–Kier alpha value is -1.42. The standard InChI is InChI=1S/C13H19N3O/c1-3-6-16-12(17)7-11(14)13(16)10-5-4-9(2)15-8-10/h4-5,8,11,13H,3,6-7,14H2,1-2H3. The number of hydrogen-bond acceptors (Lipinski definition) is 3. The number of aromatic nitrogens is 1. The Labute approximate surface area is 102 Å². The summed E-state index contributed by atoms with van der Waals surface area (Å²) in [4.78, 5) is 18.0. The van der Waals surface area contributed by atoms with Crippen LogP contribution < -0.4 is 5.73 Å². The first-order valence-electron chi connectivity index (χ1n) is 6.11. The van der Waals surface area contributed by atoms with Gasteiger partial charge in [0.25, 0.3) is 0 Å². The van der Waals surface area contributed by atoms with Crippen molar-refractivity contribution in [3.63, 3.8) is 0 Å². The Kier molecular flexibility index (Phi) is 3.43. The van der Waals surface area contributed by atoms with Crippen molar-refractivity contribution in [2.24, 2.45) is 5.73 Å². The van der Waals surface area contributed by atoms with Gasteiger partial charge in [-0.1, -0.05) is 13.0 Å². The van der Waals surface area contributed by atoms with Crippen LogP contribution in [-0.2, 0) is 4.79 Å². The number of carbonyl (C=O) groups is 1. The normalized spacial score (nSPS) is 24.4. The molecule has 1 aliphatic heterocycles. The number of likely N-dealkylation sites (tertiary alicyclic amines) is 1. The van der Waals surface area contributed by atoms with Gasteiger partial charge in [-0.15, -0.1) is 0 Å². The molecule has 1 fully saturated rings. The quantitative estimate of drug-likeness (QED) is 0.858. The van der Waals surface area contributed by atoms with Crippen molar-refractivity contribution in [3.05, 3.63) is 29.6 Å². The third-order valence-electron chi connectivity index (χ3n) is 3.21. The van der Waals surface area contributed by atoms with Gasteiger partial charge >= 0.3 is 0 Å². The van der Waals surface area contributed by atoms with Crippen LogP contribution in [0.4, 0.5) is 0 Å². The van der Waals surface area contributed by atoms with Gasteiger partial charge in [-0.05, 0) is 25.0 Å². The van der Waals surface area contributed by atoms with E-state index in [1.807, 2.05) is 30.2 Å². The van der Waals surface area contributed by atoms with Crippen LogP contribution in [-0.4, -0.2) is 28.4 Å². The Bertz CT molecular complexity index is 402. The predicted molar refractivity (Wildman–Crippen MR) is 66.3 cm³/mol. The lowest BCUT2D eigenvalue weighted by Gasteiger charge is -2.26. The van der Waals surface area contributed by atoms with Crippen LogP contribution in [0.2, 0.25) is 0 Å². The van der Waals surface area contributed by atoms with Crippen LogP contribution in [0.1, 0.15) is 37.1 Å². The van der Waals surface area contributed by atoms with E-state index < -0.39 is 0 Å². The SMILES string of the molecule is CCCN1C(=O)CC(N)C1c1ccc(C)nc1. The summed E-state index contributed by atoms with van der Waals surface area (Å²) in [5, 5.41) is 0. The molecule has 4 heteroatoms. The molecule has 0 spiro atoms. The van der Waals surface area contributed by atoms with E-state index in [4.69, 9.17) is 5.73 Å². The van der Waals surface area contributed by atoms with E-state index in [0.29, 0.717) is 6.42 Å². The molecule has 0 aromatic carbocycles. The maximum absolute atomic E-state index is 11.9. The lowest BCUT2D eigenvalue weighted by Crippen LogP contribution is -2.33. The van der Waals surface area contributed by atoms with Gasteiger partial charge < -0.3 is 10.6 Å². The Balaban J connectivity index is 2.28. The monoisotopic (exact) mass is 233 g/mol. The molecule has 2 rings (SSSR count). The van der Waals surface area contributed by atoms with Crippen molar-refractivity contribution < 1.29 is 4.79 Å². The third-order valence-corrected chi connectivity index (χ3v) is 3.21. The zero-order valence-electron chi connectivity index (χ0n) is 10.4. The largest absolute Gasteiger partial charge is 0.334 e. The molecule has 2 heterocycles. The van der Waals surface area contributed by atoms with E-state index in [9.17, 15) is 4.79 Å². The number of rotatable bonds is 3. The Morgan fingerprint density at radius 2 is 2.29 bits per heavy atom. The first-order chi connectivity index (χ1) is 8.13. The van der Waals surface area contributed by atoms with E-state index in [1.54, 1.807) is 0 Å². The smallest absolute Gasteiger partial charge is 0.224 e. The molecule has 0 bridgehead atoms. The summed E-state index contributed by atoms with van der Waals surface area (Å²) in [7, 11) is 0. The minimum absolute atomic E-state index is 0.00412. The highest BCUT2D eigenvalue weighted by Crippen LogP contribution is 2.31. The first kappa shape index (κ1) is 12.0.